The molecule has 2 heterocycles. The molecular weight excluding hydrogens is 274 g/mol. The van der Waals surface area contributed by atoms with Crippen LogP contribution in [0.2, 0.25) is 0 Å². The minimum atomic E-state index is 0.534. The molecule has 5 nitrogen and oxygen atoms in total. The van der Waals surface area contributed by atoms with E-state index in [2.05, 4.69) is 50.6 Å². The monoisotopic (exact) mass is 295 g/mol. The van der Waals surface area contributed by atoms with Crippen LogP contribution in [0.15, 0.2) is 29.4 Å². The van der Waals surface area contributed by atoms with Gasteiger partial charge in [0.1, 0.15) is 0 Å². The van der Waals surface area contributed by atoms with Crippen LogP contribution >= 0.6 is 0 Å². The maximum atomic E-state index is 4.30. The average molecular weight is 295 g/mol. The Morgan fingerprint density at radius 3 is 2.73 bits per heavy atom. The quantitative estimate of drug-likeness (QED) is 0.699. The molecule has 0 radical (unpaired) electrons. The van der Waals surface area contributed by atoms with Crippen molar-refractivity contribution >= 4 is 17.9 Å². The summed E-state index contributed by atoms with van der Waals surface area (Å²) in [4.78, 5) is 10.9. The molecule has 2 aromatic rings. The molecule has 0 saturated carbocycles. The second kappa shape index (κ2) is 6.13. The van der Waals surface area contributed by atoms with E-state index in [1.807, 2.05) is 26.1 Å². The number of nitrogens with zero attached hydrogens (tertiary/aromatic N) is 4. The summed E-state index contributed by atoms with van der Waals surface area (Å²) in [7, 11) is 2.14. The zero-order valence-corrected chi connectivity index (χ0v) is 13.3. The van der Waals surface area contributed by atoms with E-state index in [4.69, 9.17) is 0 Å². The number of benzene rings is 1. The molecule has 1 aliphatic heterocycles. The highest BCUT2D eigenvalue weighted by atomic mass is 15.3. The van der Waals surface area contributed by atoms with Gasteiger partial charge in [-0.3, -0.25) is 0 Å². The first kappa shape index (κ1) is 14.5. The molecule has 0 saturated heterocycles. The molecule has 5 heteroatoms. The van der Waals surface area contributed by atoms with Crippen LogP contribution in [0.25, 0.3) is 0 Å². The number of nitrogens with one attached hydrogen (secondary N) is 1. The van der Waals surface area contributed by atoms with Crippen molar-refractivity contribution in [3.63, 3.8) is 0 Å². The number of rotatable bonds is 3. The summed E-state index contributed by atoms with van der Waals surface area (Å²) >= 11 is 0. The Balaban J connectivity index is 1.73. The first-order valence-electron chi connectivity index (χ1n) is 7.57. The Morgan fingerprint density at radius 2 is 1.95 bits per heavy atom. The van der Waals surface area contributed by atoms with E-state index in [1.54, 1.807) is 0 Å². The topological polar surface area (TPSA) is 53.4 Å². The molecule has 3 rings (SSSR count). The maximum Gasteiger partial charge on any atom is 0.243 e. The summed E-state index contributed by atoms with van der Waals surface area (Å²) in [5, 5.41) is 4.25. The fraction of sp³-hybridized carbons (Fsp3) is 0.353. The van der Waals surface area contributed by atoms with E-state index >= 15 is 0 Å². The van der Waals surface area contributed by atoms with Crippen molar-refractivity contribution in [2.24, 2.45) is 5.10 Å². The third-order valence-electron chi connectivity index (χ3n) is 3.81. The first-order chi connectivity index (χ1) is 10.6. The Kier molecular flexibility index (Phi) is 4.04. The predicted molar refractivity (Wildman–Crippen MR) is 90.8 cm³/mol. The number of anilines is 2. The van der Waals surface area contributed by atoms with Gasteiger partial charge >= 0.3 is 0 Å². The normalized spacial score (nSPS) is 14.2. The Hall–Kier alpha value is -2.43. The molecular formula is C17H21N5. The molecule has 0 atom stereocenters. The maximum absolute atomic E-state index is 4.30. The Bertz CT molecular complexity index is 688. The summed E-state index contributed by atoms with van der Waals surface area (Å²) in [6, 6.07) is 8.41. The highest BCUT2D eigenvalue weighted by molar-refractivity contribution is 5.81. The highest BCUT2D eigenvalue weighted by Gasteiger charge is 2.13. The zero-order chi connectivity index (χ0) is 15.5. The van der Waals surface area contributed by atoms with Crippen LogP contribution in [0.3, 0.4) is 0 Å². The van der Waals surface area contributed by atoms with Gasteiger partial charge in [-0.15, -0.1) is 0 Å². The minimum absolute atomic E-state index is 0.534. The van der Waals surface area contributed by atoms with Gasteiger partial charge in [-0.25, -0.2) is 15.4 Å². The SMILES string of the molecule is Cc1cc(C)nc(N/N=C/c2ccc3c(c2)CCCN3C)n1. The fourth-order valence-corrected chi connectivity index (χ4v) is 2.83. The van der Waals surface area contributed by atoms with Gasteiger partial charge in [0.2, 0.25) is 5.95 Å². The molecule has 0 spiro atoms. The van der Waals surface area contributed by atoms with Crippen LogP contribution in [0, 0.1) is 13.8 Å². The van der Waals surface area contributed by atoms with Crippen molar-refractivity contribution in [2.75, 3.05) is 23.9 Å². The van der Waals surface area contributed by atoms with Gasteiger partial charge in [0.05, 0.1) is 6.21 Å². The van der Waals surface area contributed by atoms with Crippen molar-refractivity contribution in [3.05, 3.63) is 46.8 Å². The van der Waals surface area contributed by atoms with E-state index in [0.29, 0.717) is 5.95 Å². The summed E-state index contributed by atoms with van der Waals surface area (Å²) in [6.07, 6.45) is 4.16. The molecule has 0 fully saturated rings. The number of fused-ring (bicyclic) bond motifs is 1. The van der Waals surface area contributed by atoms with E-state index < -0.39 is 0 Å². The van der Waals surface area contributed by atoms with Gasteiger partial charge in [-0.2, -0.15) is 5.10 Å². The first-order valence-corrected chi connectivity index (χ1v) is 7.57. The summed E-state index contributed by atoms with van der Waals surface area (Å²) in [5.74, 6) is 0.534. The lowest BCUT2D eigenvalue weighted by molar-refractivity contribution is 0.744. The van der Waals surface area contributed by atoms with E-state index in [1.165, 1.54) is 17.7 Å². The zero-order valence-electron chi connectivity index (χ0n) is 13.3. The largest absolute Gasteiger partial charge is 0.374 e. The van der Waals surface area contributed by atoms with Gasteiger partial charge in [-0.05, 0) is 56.0 Å². The molecule has 0 unspecified atom stereocenters. The van der Waals surface area contributed by atoms with E-state index in [0.717, 1.165) is 29.9 Å². The number of hydrogen-bond donors (Lipinski definition) is 1. The van der Waals surface area contributed by atoms with Crippen molar-refractivity contribution in [3.8, 4) is 0 Å². The summed E-state index contributed by atoms with van der Waals surface area (Å²) in [6.45, 7) is 5.03. The standard InChI is InChI=1S/C17H21N5/c1-12-9-13(2)20-17(19-12)21-18-11-14-6-7-16-15(10-14)5-4-8-22(16)3/h6-7,9-11H,4-5,8H2,1-3H3,(H,19,20,21)/b18-11+. The summed E-state index contributed by atoms with van der Waals surface area (Å²) in [5.41, 5.74) is 8.57. The number of hydrogen-bond acceptors (Lipinski definition) is 5. The number of aromatic nitrogens is 2. The van der Waals surface area contributed by atoms with Crippen molar-refractivity contribution in [1.29, 1.82) is 0 Å². The lowest BCUT2D eigenvalue weighted by Crippen LogP contribution is -2.24. The average Bonchev–Trinajstić information content (AvgIpc) is 2.46. The molecule has 0 bridgehead atoms. The lowest BCUT2D eigenvalue weighted by atomic mass is 10.00. The number of aryl methyl sites for hydroxylation is 3. The molecule has 1 aliphatic rings. The van der Waals surface area contributed by atoms with Gasteiger partial charge in [-0.1, -0.05) is 6.07 Å². The third kappa shape index (κ3) is 3.24. The number of hydrazone groups is 1. The van der Waals surface area contributed by atoms with Crippen LogP contribution in [0.1, 0.15) is 28.9 Å². The minimum Gasteiger partial charge on any atom is -0.374 e. The molecule has 0 amide bonds. The molecule has 114 valence electrons. The molecule has 0 aliphatic carbocycles. The molecule has 1 aromatic carbocycles. The second-order valence-corrected chi connectivity index (χ2v) is 5.76. The highest BCUT2D eigenvalue weighted by Crippen LogP contribution is 2.26. The molecule has 1 N–H and O–H groups in total. The third-order valence-corrected chi connectivity index (χ3v) is 3.81. The van der Waals surface area contributed by atoms with Gasteiger partial charge in [0.25, 0.3) is 0 Å². The van der Waals surface area contributed by atoms with Crippen LogP contribution in [0.5, 0.6) is 0 Å². The lowest BCUT2D eigenvalue weighted by Gasteiger charge is -2.27. The van der Waals surface area contributed by atoms with Crippen molar-refractivity contribution < 1.29 is 0 Å². The van der Waals surface area contributed by atoms with Gasteiger partial charge < -0.3 is 4.90 Å². The Labute approximate surface area is 131 Å². The fourth-order valence-electron chi connectivity index (χ4n) is 2.83. The van der Waals surface area contributed by atoms with Crippen LogP contribution < -0.4 is 10.3 Å². The van der Waals surface area contributed by atoms with Crippen molar-refractivity contribution in [2.45, 2.75) is 26.7 Å². The molecule has 22 heavy (non-hydrogen) atoms. The van der Waals surface area contributed by atoms with Crippen LogP contribution in [-0.2, 0) is 6.42 Å². The second-order valence-electron chi connectivity index (χ2n) is 5.76. The van der Waals surface area contributed by atoms with Crippen LogP contribution in [0.4, 0.5) is 11.6 Å². The van der Waals surface area contributed by atoms with E-state index in [9.17, 15) is 0 Å². The predicted octanol–water partition coefficient (Wildman–Crippen LogP) is 2.92. The smallest absolute Gasteiger partial charge is 0.243 e. The Morgan fingerprint density at radius 1 is 1.18 bits per heavy atom. The summed E-state index contributed by atoms with van der Waals surface area (Å²) < 4.78 is 0. The van der Waals surface area contributed by atoms with Gasteiger partial charge in [0.15, 0.2) is 0 Å². The van der Waals surface area contributed by atoms with Gasteiger partial charge in [0, 0.05) is 30.7 Å². The van der Waals surface area contributed by atoms with Crippen LogP contribution in [-0.4, -0.2) is 29.8 Å². The van der Waals surface area contributed by atoms with Crippen molar-refractivity contribution in [1.82, 2.24) is 9.97 Å². The van der Waals surface area contributed by atoms with E-state index in [-0.39, 0.29) is 0 Å². The molecule has 1 aromatic heterocycles.